The molecule has 0 spiro atoms. The van der Waals surface area contributed by atoms with E-state index in [1.165, 1.54) is 18.3 Å². The van der Waals surface area contributed by atoms with Crippen molar-refractivity contribution in [2.24, 2.45) is 0 Å². The molecule has 4 nitrogen and oxygen atoms in total. The van der Waals surface area contributed by atoms with Crippen LogP contribution in [0.1, 0.15) is 6.92 Å². The molecule has 2 N–H and O–H groups in total. The SMILES string of the molecule is CC(=O)Nc1cccc(Nc2nc(-c3ccc(Cl)cc3Cl)cs2)c1. The van der Waals surface area contributed by atoms with Crippen molar-refractivity contribution in [3.63, 3.8) is 0 Å². The van der Waals surface area contributed by atoms with Crippen LogP contribution in [0.15, 0.2) is 47.8 Å². The molecule has 7 heteroatoms. The minimum atomic E-state index is -0.110. The monoisotopic (exact) mass is 377 g/mol. The van der Waals surface area contributed by atoms with Gasteiger partial charge in [-0.05, 0) is 36.4 Å². The molecule has 0 unspecified atom stereocenters. The van der Waals surface area contributed by atoms with Crippen molar-refractivity contribution < 1.29 is 4.79 Å². The van der Waals surface area contributed by atoms with Crippen molar-refractivity contribution in [1.82, 2.24) is 4.98 Å². The summed E-state index contributed by atoms with van der Waals surface area (Å²) < 4.78 is 0. The molecule has 0 bridgehead atoms. The predicted molar refractivity (Wildman–Crippen MR) is 102 cm³/mol. The highest BCUT2D eigenvalue weighted by molar-refractivity contribution is 7.14. The summed E-state index contributed by atoms with van der Waals surface area (Å²) in [5, 5.41) is 9.78. The zero-order valence-electron chi connectivity index (χ0n) is 12.6. The van der Waals surface area contributed by atoms with E-state index in [4.69, 9.17) is 23.2 Å². The molecule has 0 aliphatic rings. The first kappa shape index (κ1) is 16.8. The molecule has 3 aromatic rings. The van der Waals surface area contributed by atoms with Crippen LogP contribution in [-0.2, 0) is 4.79 Å². The Bertz CT molecular complexity index is 895. The van der Waals surface area contributed by atoms with Crippen molar-refractivity contribution >= 4 is 57.0 Å². The second kappa shape index (κ2) is 7.21. The Morgan fingerprint density at radius 3 is 2.67 bits per heavy atom. The summed E-state index contributed by atoms with van der Waals surface area (Å²) in [5.41, 5.74) is 3.17. The highest BCUT2D eigenvalue weighted by atomic mass is 35.5. The maximum Gasteiger partial charge on any atom is 0.221 e. The maximum atomic E-state index is 11.1. The van der Waals surface area contributed by atoms with Crippen LogP contribution in [0.25, 0.3) is 11.3 Å². The van der Waals surface area contributed by atoms with E-state index in [0.717, 1.165) is 27.8 Å². The second-order valence-electron chi connectivity index (χ2n) is 5.05. The van der Waals surface area contributed by atoms with E-state index in [9.17, 15) is 4.79 Å². The van der Waals surface area contributed by atoms with Gasteiger partial charge < -0.3 is 10.6 Å². The first-order chi connectivity index (χ1) is 11.5. The predicted octanol–water partition coefficient (Wildman–Crippen LogP) is 5.82. The molecule has 122 valence electrons. The Hall–Kier alpha value is -2.08. The van der Waals surface area contributed by atoms with Gasteiger partial charge in [-0.25, -0.2) is 4.98 Å². The molecule has 0 aliphatic heterocycles. The minimum absolute atomic E-state index is 0.110. The third-order valence-corrected chi connectivity index (χ3v) is 4.45. The van der Waals surface area contributed by atoms with E-state index >= 15 is 0 Å². The first-order valence-corrected chi connectivity index (χ1v) is 8.70. The van der Waals surface area contributed by atoms with E-state index in [0.29, 0.717) is 10.0 Å². The summed E-state index contributed by atoms with van der Waals surface area (Å²) in [6.07, 6.45) is 0. The number of anilines is 3. The van der Waals surface area contributed by atoms with Crippen LogP contribution in [0.4, 0.5) is 16.5 Å². The van der Waals surface area contributed by atoms with Gasteiger partial charge in [0.15, 0.2) is 5.13 Å². The molecule has 0 aliphatic carbocycles. The topological polar surface area (TPSA) is 54.0 Å². The Labute approximate surface area is 153 Å². The number of carbonyl (C=O) groups is 1. The Morgan fingerprint density at radius 2 is 1.92 bits per heavy atom. The lowest BCUT2D eigenvalue weighted by Crippen LogP contribution is -2.05. The fourth-order valence-corrected chi connectivity index (χ4v) is 3.39. The Balaban J connectivity index is 1.80. The standard InChI is InChI=1S/C17H13Cl2N3OS/c1-10(23)20-12-3-2-4-13(8-12)21-17-22-16(9-24-17)14-6-5-11(18)7-15(14)19/h2-9H,1H3,(H,20,23)(H,21,22). The van der Waals surface area contributed by atoms with Crippen molar-refractivity contribution in [3.8, 4) is 11.3 Å². The molecule has 3 rings (SSSR count). The number of carbonyl (C=O) groups excluding carboxylic acids is 1. The third-order valence-electron chi connectivity index (χ3n) is 3.15. The molecule has 0 atom stereocenters. The van der Waals surface area contributed by atoms with Crippen molar-refractivity contribution in [2.45, 2.75) is 6.92 Å². The van der Waals surface area contributed by atoms with Gasteiger partial charge in [0, 0.05) is 34.3 Å². The number of amides is 1. The zero-order chi connectivity index (χ0) is 17.1. The number of thiazole rings is 1. The van der Waals surface area contributed by atoms with Crippen LogP contribution in [0.3, 0.4) is 0 Å². The van der Waals surface area contributed by atoms with Crippen molar-refractivity contribution in [3.05, 3.63) is 57.9 Å². The van der Waals surface area contributed by atoms with Crippen LogP contribution in [0, 0.1) is 0 Å². The lowest BCUT2D eigenvalue weighted by molar-refractivity contribution is -0.114. The maximum absolute atomic E-state index is 11.1. The molecule has 1 aromatic heterocycles. The number of halogens is 2. The fraction of sp³-hybridized carbons (Fsp3) is 0.0588. The van der Waals surface area contributed by atoms with E-state index < -0.39 is 0 Å². The number of rotatable bonds is 4. The van der Waals surface area contributed by atoms with Gasteiger partial charge in [-0.2, -0.15) is 0 Å². The third kappa shape index (κ3) is 4.06. The lowest BCUT2D eigenvalue weighted by atomic mass is 10.2. The Morgan fingerprint density at radius 1 is 1.12 bits per heavy atom. The average molecular weight is 378 g/mol. The van der Waals surface area contributed by atoms with Gasteiger partial charge in [0.05, 0.1) is 10.7 Å². The van der Waals surface area contributed by atoms with E-state index in [2.05, 4.69) is 15.6 Å². The average Bonchev–Trinajstić information content (AvgIpc) is 2.95. The van der Waals surface area contributed by atoms with Gasteiger partial charge in [0.1, 0.15) is 0 Å². The summed E-state index contributed by atoms with van der Waals surface area (Å²) in [6, 6.07) is 12.8. The second-order valence-corrected chi connectivity index (χ2v) is 6.75. The van der Waals surface area contributed by atoms with Gasteiger partial charge in [-0.15, -0.1) is 11.3 Å². The number of hydrogen-bond donors (Lipinski definition) is 2. The molecule has 2 aromatic carbocycles. The molecule has 0 saturated heterocycles. The summed E-state index contributed by atoms with van der Waals surface area (Å²) in [4.78, 5) is 15.7. The molecule has 24 heavy (non-hydrogen) atoms. The van der Waals surface area contributed by atoms with Crippen LogP contribution in [0.5, 0.6) is 0 Å². The quantitative estimate of drug-likeness (QED) is 0.602. The van der Waals surface area contributed by atoms with Crippen molar-refractivity contribution in [1.29, 1.82) is 0 Å². The van der Waals surface area contributed by atoms with Crippen molar-refractivity contribution in [2.75, 3.05) is 10.6 Å². The molecular weight excluding hydrogens is 365 g/mol. The zero-order valence-corrected chi connectivity index (χ0v) is 15.0. The largest absolute Gasteiger partial charge is 0.331 e. The summed E-state index contributed by atoms with van der Waals surface area (Å²) in [5.74, 6) is -0.110. The highest BCUT2D eigenvalue weighted by Crippen LogP contribution is 2.33. The van der Waals surface area contributed by atoms with E-state index in [-0.39, 0.29) is 5.91 Å². The minimum Gasteiger partial charge on any atom is -0.331 e. The molecule has 1 heterocycles. The van der Waals surface area contributed by atoms with Gasteiger partial charge in [0.2, 0.25) is 5.91 Å². The molecular formula is C17H13Cl2N3OS. The number of nitrogens with zero attached hydrogens (tertiary/aromatic N) is 1. The summed E-state index contributed by atoms with van der Waals surface area (Å²) in [6.45, 7) is 1.48. The number of hydrogen-bond acceptors (Lipinski definition) is 4. The molecule has 0 fully saturated rings. The summed E-state index contributed by atoms with van der Waals surface area (Å²) >= 11 is 13.6. The van der Waals surface area contributed by atoms with Crippen LogP contribution in [-0.4, -0.2) is 10.9 Å². The highest BCUT2D eigenvalue weighted by Gasteiger charge is 2.09. The number of nitrogens with one attached hydrogen (secondary N) is 2. The van der Waals surface area contributed by atoms with Crippen LogP contribution < -0.4 is 10.6 Å². The molecule has 0 radical (unpaired) electrons. The molecule has 1 amide bonds. The van der Waals surface area contributed by atoms with Crippen LogP contribution in [0.2, 0.25) is 10.0 Å². The smallest absolute Gasteiger partial charge is 0.221 e. The number of aromatic nitrogens is 1. The normalized spacial score (nSPS) is 10.5. The van der Waals surface area contributed by atoms with Gasteiger partial charge >= 0.3 is 0 Å². The lowest BCUT2D eigenvalue weighted by Gasteiger charge is -2.06. The van der Waals surface area contributed by atoms with Crippen LogP contribution >= 0.6 is 34.5 Å². The fourth-order valence-electron chi connectivity index (χ4n) is 2.15. The first-order valence-electron chi connectivity index (χ1n) is 7.07. The van der Waals surface area contributed by atoms with Gasteiger partial charge in [0.25, 0.3) is 0 Å². The van der Waals surface area contributed by atoms with Gasteiger partial charge in [-0.3, -0.25) is 4.79 Å². The Kier molecular flexibility index (Phi) is 5.04. The summed E-state index contributed by atoms with van der Waals surface area (Å²) in [7, 11) is 0. The molecule has 0 saturated carbocycles. The van der Waals surface area contributed by atoms with E-state index in [1.54, 1.807) is 12.1 Å². The number of benzene rings is 2. The van der Waals surface area contributed by atoms with E-state index in [1.807, 2.05) is 35.7 Å². The van der Waals surface area contributed by atoms with Gasteiger partial charge in [-0.1, -0.05) is 29.3 Å².